The summed E-state index contributed by atoms with van der Waals surface area (Å²) in [4.78, 5) is 4.31. The quantitative estimate of drug-likeness (QED) is 0.689. The van der Waals surface area contributed by atoms with Crippen molar-refractivity contribution in [1.29, 1.82) is 0 Å². The molecule has 2 heteroatoms. The molecule has 0 bridgehead atoms. The maximum absolute atomic E-state index is 4.31. The molecule has 0 spiro atoms. The van der Waals surface area contributed by atoms with Gasteiger partial charge in [0.2, 0.25) is 0 Å². The summed E-state index contributed by atoms with van der Waals surface area (Å²) in [5, 5.41) is 3.08. The molecule has 0 saturated heterocycles. The van der Waals surface area contributed by atoms with Gasteiger partial charge in [-0.3, -0.25) is 4.98 Å². The lowest BCUT2D eigenvalue weighted by Crippen LogP contribution is -2.08. The van der Waals surface area contributed by atoms with Crippen LogP contribution in [0.5, 0.6) is 0 Å². The van der Waals surface area contributed by atoms with Gasteiger partial charge < -0.3 is 5.32 Å². The van der Waals surface area contributed by atoms with Crippen molar-refractivity contribution in [2.75, 3.05) is 7.05 Å². The number of nitrogens with zero attached hydrogens (tertiary/aromatic N) is 1. The molecule has 0 amide bonds. The van der Waals surface area contributed by atoms with E-state index < -0.39 is 0 Å². The minimum absolute atomic E-state index is 0.853. The van der Waals surface area contributed by atoms with Gasteiger partial charge in [-0.05, 0) is 32.0 Å². The monoisotopic (exact) mass is 150 g/mol. The van der Waals surface area contributed by atoms with Crippen molar-refractivity contribution in [3.63, 3.8) is 0 Å². The van der Waals surface area contributed by atoms with E-state index in [1.54, 1.807) is 0 Å². The number of hydrogen-bond donors (Lipinski definition) is 1. The highest BCUT2D eigenvalue weighted by molar-refractivity contribution is 5.22. The van der Waals surface area contributed by atoms with Gasteiger partial charge in [-0.1, -0.05) is 6.07 Å². The van der Waals surface area contributed by atoms with Gasteiger partial charge in [0.1, 0.15) is 0 Å². The Bertz CT molecular complexity index is 243. The van der Waals surface area contributed by atoms with E-state index >= 15 is 0 Å². The standard InChI is InChI=1S/C9H14N2/c1-7-4-8(2)9(6-10-3)11-5-7/h4-5,10H,6H2,1-3H3. The first-order chi connectivity index (χ1) is 5.24. The summed E-state index contributed by atoms with van der Waals surface area (Å²) in [6, 6.07) is 2.15. The fourth-order valence-corrected chi connectivity index (χ4v) is 1.10. The van der Waals surface area contributed by atoms with Crippen molar-refractivity contribution in [1.82, 2.24) is 10.3 Å². The van der Waals surface area contributed by atoms with E-state index in [9.17, 15) is 0 Å². The number of hydrogen-bond acceptors (Lipinski definition) is 2. The highest BCUT2D eigenvalue weighted by Crippen LogP contribution is 2.05. The first-order valence-electron chi connectivity index (χ1n) is 3.80. The van der Waals surface area contributed by atoms with Crippen LogP contribution in [0.15, 0.2) is 12.3 Å². The molecule has 0 unspecified atom stereocenters. The summed E-state index contributed by atoms with van der Waals surface area (Å²) < 4.78 is 0. The molecule has 1 rings (SSSR count). The number of rotatable bonds is 2. The third-order valence-electron chi connectivity index (χ3n) is 1.67. The Kier molecular flexibility index (Phi) is 2.60. The minimum Gasteiger partial charge on any atom is -0.314 e. The van der Waals surface area contributed by atoms with Gasteiger partial charge in [0, 0.05) is 12.7 Å². The zero-order valence-corrected chi connectivity index (χ0v) is 7.31. The van der Waals surface area contributed by atoms with E-state index in [0.29, 0.717) is 0 Å². The van der Waals surface area contributed by atoms with Gasteiger partial charge in [0.05, 0.1) is 5.69 Å². The zero-order chi connectivity index (χ0) is 8.27. The smallest absolute Gasteiger partial charge is 0.0570 e. The van der Waals surface area contributed by atoms with Crippen molar-refractivity contribution in [2.24, 2.45) is 0 Å². The van der Waals surface area contributed by atoms with Crippen molar-refractivity contribution >= 4 is 0 Å². The lowest BCUT2D eigenvalue weighted by molar-refractivity contribution is 0.783. The van der Waals surface area contributed by atoms with Crippen LogP contribution in [0, 0.1) is 13.8 Å². The third-order valence-corrected chi connectivity index (χ3v) is 1.67. The highest BCUT2D eigenvalue weighted by Gasteiger charge is 1.96. The fraction of sp³-hybridized carbons (Fsp3) is 0.444. The van der Waals surface area contributed by atoms with Crippen LogP contribution in [0.1, 0.15) is 16.8 Å². The van der Waals surface area contributed by atoms with Crippen LogP contribution in [0.3, 0.4) is 0 Å². The first-order valence-corrected chi connectivity index (χ1v) is 3.80. The van der Waals surface area contributed by atoms with Crippen LogP contribution in [0.4, 0.5) is 0 Å². The summed E-state index contributed by atoms with van der Waals surface area (Å²) >= 11 is 0. The second kappa shape index (κ2) is 3.49. The van der Waals surface area contributed by atoms with E-state index in [-0.39, 0.29) is 0 Å². The average Bonchev–Trinajstić information content (AvgIpc) is 1.95. The van der Waals surface area contributed by atoms with Crippen LogP contribution in [-0.4, -0.2) is 12.0 Å². The van der Waals surface area contributed by atoms with Gasteiger partial charge in [-0.15, -0.1) is 0 Å². The molecule has 0 aliphatic heterocycles. The van der Waals surface area contributed by atoms with Crippen molar-refractivity contribution in [3.05, 3.63) is 29.1 Å². The van der Waals surface area contributed by atoms with E-state index in [0.717, 1.165) is 12.2 Å². The SMILES string of the molecule is CNCc1ncc(C)cc1C. The number of aryl methyl sites for hydroxylation is 2. The molecular formula is C9H14N2. The van der Waals surface area contributed by atoms with E-state index in [4.69, 9.17) is 0 Å². The Morgan fingerprint density at radius 1 is 1.45 bits per heavy atom. The molecule has 0 atom stereocenters. The van der Waals surface area contributed by atoms with E-state index in [1.165, 1.54) is 11.1 Å². The lowest BCUT2D eigenvalue weighted by Gasteiger charge is -2.03. The second-order valence-electron chi connectivity index (χ2n) is 2.81. The Balaban J connectivity index is 2.90. The van der Waals surface area contributed by atoms with E-state index in [1.807, 2.05) is 13.2 Å². The predicted octanol–water partition coefficient (Wildman–Crippen LogP) is 1.42. The normalized spacial score (nSPS) is 10.1. The molecule has 1 aromatic rings. The summed E-state index contributed by atoms with van der Waals surface area (Å²) in [6.45, 7) is 5.00. The number of nitrogens with one attached hydrogen (secondary N) is 1. The van der Waals surface area contributed by atoms with Crippen LogP contribution in [-0.2, 0) is 6.54 Å². The fourth-order valence-electron chi connectivity index (χ4n) is 1.10. The predicted molar refractivity (Wildman–Crippen MR) is 46.5 cm³/mol. The Hall–Kier alpha value is -0.890. The lowest BCUT2D eigenvalue weighted by atomic mass is 10.2. The van der Waals surface area contributed by atoms with Crippen molar-refractivity contribution < 1.29 is 0 Å². The molecule has 0 fully saturated rings. The second-order valence-corrected chi connectivity index (χ2v) is 2.81. The topological polar surface area (TPSA) is 24.9 Å². The van der Waals surface area contributed by atoms with Crippen molar-refractivity contribution in [3.8, 4) is 0 Å². The number of pyridine rings is 1. The molecule has 1 heterocycles. The Labute approximate surface area is 67.7 Å². The maximum atomic E-state index is 4.31. The molecule has 1 N–H and O–H groups in total. The molecule has 60 valence electrons. The molecule has 0 aliphatic rings. The molecular weight excluding hydrogens is 136 g/mol. The minimum atomic E-state index is 0.853. The van der Waals surface area contributed by atoms with Gasteiger partial charge in [0.15, 0.2) is 0 Å². The largest absolute Gasteiger partial charge is 0.314 e. The number of aromatic nitrogens is 1. The third kappa shape index (κ3) is 2.02. The average molecular weight is 150 g/mol. The van der Waals surface area contributed by atoms with E-state index in [2.05, 4.69) is 30.2 Å². The van der Waals surface area contributed by atoms with Crippen molar-refractivity contribution in [2.45, 2.75) is 20.4 Å². The Morgan fingerprint density at radius 2 is 2.18 bits per heavy atom. The molecule has 0 radical (unpaired) electrons. The summed E-state index contributed by atoms with van der Waals surface area (Å²) in [5.41, 5.74) is 3.62. The first kappa shape index (κ1) is 8.21. The molecule has 0 aliphatic carbocycles. The molecule has 2 nitrogen and oxygen atoms in total. The van der Waals surface area contributed by atoms with Crippen LogP contribution in [0.2, 0.25) is 0 Å². The van der Waals surface area contributed by atoms with Crippen LogP contribution >= 0.6 is 0 Å². The summed E-state index contributed by atoms with van der Waals surface area (Å²) in [6.07, 6.45) is 1.90. The molecule has 0 saturated carbocycles. The maximum Gasteiger partial charge on any atom is 0.0570 e. The summed E-state index contributed by atoms with van der Waals surface area (Å²) in [5.74, 6) is 0. The van der Waals surface area contributed by atoms with Gasteiger partial charge in [-0.2, -0.15) is 0 Å². The molecule has 11 heavy (non-hydrogen) atoms. The highest BCUT2D eigenvalue weighted by atomic mass is 14.8. The summed E-state index contributed by atoms with van der Waals surface area (Å²) in [7, 11) is 1.93. The van der Waals surface area contributed by atoms with Gasteiger partial charge in [-0.25, -0.2) is 0 Å². The zero-order valence-electron chi connectivity index (χ0n) is 7.31. The van der Waals surface area contributed by atoms with Crippen LogP contribution in [0.25, 0.3) is 0 Å². The Morgan fingerprint density at radius 3 is 2.73 bits per heavy atom. The molecule has 0 aromatic carbocycles. The van der Waals surface area contributed by atoms with Gasteiger partial charge in [0.25, 0.3) is 0 Å². The molecule has 1 aromatic heterocycles. The van der Waals surface area contributed by atoms with Gasteiger partial charge >= 0.3 is 0 Å². The van der Waals surface area contributed by atoms with Crippen LogP contribution < -0.4 is 5.32 Å².